The molecule has 0 aromatic rings. The van der Waals surface area contributed by atoms with E-state index in [-0.39, 0.29) is 0 Å². The molecule has 2 aliphatic rings. The summed E-state index contributed by atoms with van der Waals surface area (Å²) in [6.07, 6.45) is 9.00. The highest BCUT2D eigenvalue weighted by atomic mass is 15.3. The van der Waals surface area contributed by atoms with Crippen molar-refractivity contribution in [1.29, 1.82) is 0 Å². The maximum atomic E-state index is 2.46. The zero-order valence-corrected chi connectivity index (χ0v) is 8.39. The first-order valence-electron chi connectivity index (χ1n) is 5.62. The average molecular weight is 168 g/mol. The van der Waals surface area contributed by atoms with Gasteiger partial charge in [-0.1, -0.05) is 12.8 Å². The molecular formula is C11H22N+. The highest BCUT2D eigenvalue weighted by Crippen LogP contribution is 2.29. The van der Waals surface area contributed by atoms with Crippen molar-refractivity contribution in [3.63, 3.8) is 0 Å². The van der Waals surface area contributed by atoms with Crippen molar-refractivity contribution >= 4 is 0 Å². The fourth-order valence-electron chi connectivity index (χ4n) is 3.10. The first kappa shape index (κ1) is 8.55. The molecule has 0 spiro atoms. The molecule has 0 atom stereocenters. The molecule has 0 N–H and O–H groups in total. The molecule has 70 valence electrons. The minimum Gasteiger partial charge on any atom is -0.326 e. The van der Waals surface area contributed by atoms with Gasteiger partial charge in [0.25, 0.3) is 0 Å². The van der Waals surface area contributed by atoms with Crippen LogP contribution in [-0.4, -0.2) is 31.2 Å². The Labute approximate surface area is 76.3 Å². The van der Waals surface area contributed by atoms with Crippen LogP contribution in [0.25, 0.3) is 0 Å². The van der Waals surface area contributed by atoms with Gasteiger partial charge in [-0.3, -0.25) is 0 Å². The summed E-state index contributed by atoms with van der Waals surface area (Å²) in [6, 6.07) is 0. The zero-order valence-electron chi connectivity index (χ0n) is 8.39. The maximum Gasteiger partial charge on any atom is 0.0813 e. The largest absolute Gasteiger partial charge is 0.326 e. The van der Waals surface area contributed by atoms with Crippen LogP contribution in [0.15, 0.2) is 0 Å². The smallest absolute Gasteiger partial charge is 0.0813 e. The second-order valence-electron chi connectivity index (χ2n) is 5.11. The Bertz CT molecular complexity index is 141. The highest BCUT2D eigenvalue weighted by molar-refractivity contribution is 4.68. The van der Waals surface area contributed by atoms with Crippen LogP contribution in [0.5, 0.6) is 0 Å². The summed E-state index contributed by atoms with van der Waals surface area (Å²) in [5.74, 6) is 1.08. The Morgan fingerprint density at radius 3 is 2.17 bits per heavy atom. The maximum absolute atomic E-state index is 2.46. The molecule has 2 fully saturated rings. The van der Waals surface area contributed by atoms with E-state index in [2.05, 4.69) is 7.05 Å². The van der Waals surface area contributed by atoms with Crippen LogP contribution < -0.4 is 0 Å². The van der Waals surface area contributed by atoms with Crippen LogP contribution in [0.3, 0.4) is 0 Å². The standard InChI is InChI=1S/C11H22N/c1-12(8-4-5-9-12)10-11-6-2-3-7-11/h11H,2-10H2,1H3/q+1. The Kier molecular flexibility index (Phi) is 2.40. The van der Waals surface area contributed by atoms with E-state index in [0.29, 0.717) is 0 Å². The number of nitrogens with zero attached hydrogens (tertiary/aromatic N) is 1. The summed E-state index contributed by atoms with van der Waals surface area (Å²) < 4.78 is 1.39. The molecule has 1 saturated heterocycles. The first-order valence-corrected chi connectivity index (χ1v) is 5.62. The third-order valence-electron chi connectivity index (χ3n) is 3.82. The summed E-state index contributed by atoms with van der Waals surface area (Å²) >= 11 is 0. The molecule has 1 heterocycles. The summed E-state index contributed by atoms with van der Waals surface area (Å²) in [4.78, 5) is 0. The fourth-order valence-corrected chi connectivity index (χ4v) is 3.10. The van der Waals surface area contributed by atoms with Crippen molar-refractivity contribution in [2.75, 3.05) is 26.7 Å². The van der Waals surface area contributed by atoms with Gasteiger partial charge in [-0.15, -0.1) is 0 Å². The van der Waals surface area contributed by atoms with Gasteiger partial charge in [-0.25, -0.2) is 0 Å². The number of rotatable bonds is 2. The molecule has 0 radical (unpaired) electrons. The van der Waals surface area contributed by atoms with Gasteiger partial charge in [0.05, 0.1) is 26.7 Å². The van der Waals surface area contributed by atoms with Crippen LogP contribution in [0.2, 0.25) is 0 Å². The van der Waals surface area contributed by atoms with Gasteiger partial charge in [-0.05, 0) is 12.8 Å². The number of quaternary nitrogens is 1. The molecule has 1 aliphatic carbocycles. The van der Waals surface area contributed by atoms with Crippen molar-refractivity contribution in [2.24, 2.45) is 5.92 Å². The van der Waals surface area contributed by atoms with E-state index in [4.69, 9.17) is 0 Å². The van der Waals surface area contributed by atoms with Crippen LogP contribution in [0, 0.1) is 5.92 Å². The van der Waals surface area contributed by atoms with Crippen LogP contribution >= 0.6 is 0 Å². The fraction of sp³-hybridized carbons (Fsp3) is 1.00. The summed E-state index contributed by atoms with van der Waals surface area (Å²) in [5.41, 5.74) is 0. The molecule has 1 saturated carbocycles. The zero-order chi connectivity index (χ0) is 8.44. The van der Waals surface area contributed by atoms with Gasteiger partial charge in [0.2, 0.25) is 0 Å². The van der Waals surface area contributed by atoms with E-state index in [0.717, 1.165) is 5.92 Å². The van der Waals surface area contributed by atoms with Crippen molar-refractivity contribution in [1.82, 2.24) is 0 Å². The van der Waals surface area contributed by atoms with Crippen LogP contribution in [0.4, 0.5) is 0 Å². The Balaban J connectivity index is 1.83. The lowest BCUT2D eigenvalue weighted by molar-refractivity contribution is -0.900. The molecule has 1 nitrogen and oxygen atoms in total. The quantitative estimate of drug-likeness (QED) is 0.555. The SMILES string of the molecule is C[N+]1(CC2CCCC2)CCCC1. The molecule has 2 rings (SSSR count). The predicted molar refractivity (Wildman–Crippen MR) is 52.0 cm³/mol. The van der Waals surface area contributed by atoms with Crippen molar-refractivity contribution in [3.05, 3.63) is 0 Å². The highest BCUT2D eigenvalue weighted by Gasteiger charge is 2.31. The lowest BCUT2D eigenvalue weighted by Crippen LogP contribution is -2.44. The molecular weight excluding hydrogens is 146 g/mol. The van der Waals surface area contributed by atoms with Gasteiger partial charge < -0.3 is 4.48 Å². The molecule has 1 aliphatic heterocycles. The monoisotopic (exact) mass is 168 g/mol. The minimum absolute atomic E-state index is 1.08. The van der Waals surface area contributed by atoms with Gasteiger partial charge in [0.1, 0.15) is 0 Å². The van der Waals surface area contributed by atoms with Crippen molar-refractivity contribution < 1.29 is 4.48 Å². The number of hydrogen-bond donors (Lipinski definition) is 0. The van der Waals surface area contributed by atoms with E-state index in [1.807, 2.05) is 0 Å². The molecule has 0 aromatic carbocycles. The third kappa shape index (κ3) is 1.82. The molecule has 1 heteroatoms. The van der Waals surface area contributed by atoms with E-state index >= 15 is 0 Å². The predicted octanol–water partition coefficient (Wildman–Crippen LogP) is 2.42. The topological polar surface area (TPSA) is 0 Å². The Morgan fingerprint density at radius 1 is 1.00 bits per heavy atom. The number of likely N-dealkylation sites (tertiary alicyclic amines) is 1. The number of hydrogen-bond acceptors (Lipinski definition) is 0. The Morgan fingerprint density at radius 2 is 1.58 bits per heavy atom. The van der Waals surface area contributed by atoms with Gasteiger partial charge in [0.15, 0.2) is 0 Å². The van der Waals surface area contributed by atoms with Gasteiger partial charge >= 0.3 is 0 Å². The average Bonchev–Trinajstić information content (AvgIpc) is 2.62. The van der Waals surface area contributed by atoms with Crippen molar-refractivity contribution in [3.8, 4) is 0 Å². The van der Waals surface area contributed by atoms with E-state index in [9.17, 15) is 0 Å². The summed E-state index contributed by atoms with van der Waals surface area (Å²) in [5, 5.41) is 0. The van der Waals surface area contributed by atoms with Gasteiger partial charge in [0, 0.05) is 18.8 Å². The van der Waals surface area contributed by atoms with Crippen LogP contribution in [0.1, 0.15) is 38.5 Å². The molecule has 0 unspecified atom stereocenters. The molecule has 0 aromatic heterocycles. The Hall–Kier alpha value is -0.0400. The van der Waals surface area contributed by atoms with E-state index in [1.54, 1.807) is 0 Å². The second-order valence-corrected chi connectivity index (χ2v) is 5.11. The lowest BCUT2D eigenvalue weighted by atomic mass is 10.1. The third-order valence-corrected chi connectivity index (χ3v) is 3.82. The molecule has 0 bridgehead atoms. The minimum atomic E-state index is 1.08. The second kappa shape index (κ2) is 3.37. The molecule has 12 heavy (non-hydrogen) atoms. The lowest BCUT2D eigenvalue weighted by Gasteiger charge is -2.31. The summed E-state index contributed by atoms with van der Waals surface area (Å²) in [6.45, 7) is 4.40. The first-order chi connectivity index (χ1) is 5.79. The van der Waals surface area contributed by atoms with Crippen molar-refractivity contribution in [2.45, 2.75) is 38.5 Å². The van der Waals surface area contributed by atoms with Crippen LogP contribution in [-0.2, 0) is 0 Å². The molecule has 0 amide bonds. The van der Waals surface area contributed by atoms with E-state index in [1.165, 1.54) is 62.6 Å². The van der Waals surface area contributed by atoms with E-state index < -0.39 is 0 Å². The summed E-state index contributed by atoms with van der Waals surface area (Å²) in [7, 11) is 2.46. The van der Waals surface area contributed by atoms with Gasteiger partial charge in [-0.2, -0.15) is 0 Å². The normalized spacial score (nSPS) is 29.8.